The number of benzene rings is 3. The van der Waals surface area contributed by atoms with Crippen molar-refractivity contribution in [3.63, 3.8) is 0 Å². The normalized spacial score (nSPS) is 11.0. The summed E-state index contributed by atoms with van der Waals surface area (Å²) in [6.45, 7) is 0. The Bertz CT molecular complexity index is 781. The predicted molar refractivity (Wildman–Crippen MR) is 97.7 cm³/mol. The van der Waals surface area contributed by atoms with E-state index in [-0.39, 0.29) is 0 Å². The minimum absolute atomic E-state index is 0.844. The highest BCUT2D eigenvalue weighted by Crippen LogP contribution is 2.34. The molecule has 0 aromatic heterocycles. The fourth-order valence-electron chi connectivity index (χ4n) is 2.44. The van der Waals surface area contributed by atoms with Gasteiger partial charge in [0.05, 0.1) is 5.02 Å². The molecule has 0 nitrogen and oxygen atoms in total. The summed E-state index contributed by atoms with van der Waals surface area (Å²) in [6, 6.07) is 19.0. The zero-order valence-electron chi connectivity index (χ0n) is 11.6. The monoisotopic (exact) mass is 376 g/mol. The highest BCUT2D eigenvalue weighted by Gasteiger charge is 2.09. The second-order valence-corrected chi connectivity index (χ2v) is 7.01. The number of rotatable bonds is 3. The van der Waals surface area contributed by atoms with E-state index in [2.05, 4.69) is 64.7 Å². The molecule has 3 aromatic carbocycles. The number of hydrogen-bond donors (Lipinski definition) is 0. The SMILES string of the molecule is CSc1ccc(Cc2cc(Br)c3ccccc3c2Cl)cc1. The topological polar surface area (TPSA) is 0 Å². The van der Waals surface area contributed by atoms with E-state index in [9.17, 15) is 0 Å². The molecule has 0 aliphatic rings. The van der Waals surface area contributed by atoms with Crippen LogP contribution < -0.4 is 0 Å². The fraction of sp³-hybridized carbons (Fsp3) is 0.111. The quantitative estimate of drug-likeness (QED) is 0.465. The van der Waals surface area contributed by atoms with Crippen LogP contribution >= 0.6 is 39.3 Å². The smallest absolute Gasteiger partial charge is 0.0520 e. The van der Waals surface area contributed by atoms with Crippen LogP contribution in [-0.4, -0.2) is 6.26 Å². The zero-order valence-corrected chi connectivity index (χ0v) is 14.7. The Labute approximate surface area is 142 Å². The second-order valence-electron chi connectivity index (χ2n) is 4.90. The summed E-state index contributed by atoms with van der Waals surface area (Å²) in [4.78, 5) is 1.28. The fourth-order valence-corrected chi connectivity index (χ4v) is 3.76. The maximum Gasteiger partial charge on any atom is 0.0520 e. The first-order chi connectivity index (χ1) is 10.2. The molecule has 0 aliphatic heterocycles. The van der Waals surface area contributed by atoms with Gasteiger partial charge in [0.25, 0.3) is 0 Å². The zero-order chi connectivity index (χ0) is 14.8. The summed E-state index contributed by atoms with van der Waals surface area (Å²) in [5.41, 5.74) is 2.43. The first-order valence-corrected chi connectivity index (χ1v) is 9.07. The minimum Gasteiger partial charge on any atom is -0.130 e. The summed E-state index contributed by atoms with van der Waals surface area (Å²) in [7, 11) is 0. The van der Waals surface area contributed by atoms with Gasteiger partial charge in [-0.05, 0) is 47.4 Å². The molecule has 0 bridgehead atoms. The van der Waals surface area contributed by atoms with Crippen LogP contribution in [0.2, 0.25) is 5.02 Å². The average Bonchev–Trinajstić information content (AvgIpc) is 2.53. The van der Waals surface area contributed by atoms with E-state index >= 15 is 0 Å². The average molecular weight is 378 g/mol. The van der Waals surface area contributed by atoms with Gasteiger partial charge in [-0.3, -0.25) is 0 Å². The van der Waals surface area contributed by atoms with E-state index in [1.165, 1.54) is 10.5 Å². The van der Waals surface area contributed by atoms with Gasteiger partial charge in [0.15, 0.2) is 0 Å². The van der Waals surface area contributed by atoms with Crippen molar-refractivity contribution in [2.45, 2.75) is 11.3 Å². The van der Waals surface area contributed by atoms with Gasteiger partial charge in [0, 0.05) is 14.8 Å². The van der Waals surface area contributed by atoms with Crippen molar-refractivity contribution < 1.29 is 0 Å². The summed E-state index contributed by atoms with van der Waals surface area (Å²) < 4.78 is 1.10. The molecule has 0 saturated carbocycles. The van der Waals surface area contributed by atoms with E-state index in [4.69, 9.17) is 11.6 Å². The summed E-state index contributed by atoms with van der Waals surface area (Å²) in [5.74, 6) is 0. The molecule has 0 N–H and O–H groups in total. The van der Waals surface area contributed by atoms with Crippen molar-refractivity contribution >= 4 is 50.1 Å². The summed E-state index contributed by atoms with van der Waals surface area (Å²) in [5, 5.41) is 3.11. The predicted octanol–water partition coefficient (Wildman–Crippen LogP) is 6.57. The van der Waals surface area contributed by atoms with Gasteiger partial charge in [-0.2, -0.15) is 0 Å². The summed E-state index contributed by atoms with van der Waals surface area (Å²) in [6.07, 6.45) is 2.93. The number of thioether (sulfide) groups is 1. The molecule has 0 spiro atoms. The molecule has 0 fully saturated rings. The van der Waals surface area contributed by atoms with E-state index < -0.39 is 0 Å². The summed E-state index contributed by atoms with van der Waals surface area (Å²) >= 11 is 12.0. The molecule has 3 rings (SSSR count). The molecular formula is C18H14BrClS. The van der Waals surface area contributed by atoms with E-state index in [0.29, 0.717) is 0 Å². The van der Waals surface area contributed by atoms with Crippen LogP contribution in [0.3, 0.4) is 0 Å². The number of halogens is 2. The lowest BCUT2D eigenvalue weighted by molar-refractivity contribution is 1.18. The second kappa shape index (κ2) is 6.43. The Morgan fingerprint density at radius 3 is 2.33 bits per heavy atom. The molecule has 0 heterocycles. The van der Waals surface area contributed by atoms with Crippen molar-refractivity contribution in [3.05, 3.63) is 75.2 Å². The van der Waals surface area contributed by atoms with Gasteiger partial charge in [-0.25, -0.2) is 0 Å². The highest BCUT2D eigenvalue weighted by molar-refractivity contribution is 9.10. The van der Waals surface area contributed by atoms with Crippen LogP contribution in [0.25, 0.3) is 10.8 Å². The van der Waals surface area contributed by atoms with Crippen molar-refractivity contribution in [2.24, 2.45) is 0 Å². The first-order valence-electron chi connectivity index (χ1n) is 6.67. The van der Waals surface area contributed by atoms with Gasteiger partial charge in [-0.15, -0.1) is 11.8 Å². The van der Waals surface area contributed by atoms with Gasteiger partial charge in [-0.1, -0.05) is 63.9 Å². The first kappa shape index (κ1) is 15.0. The standard InChI is InChI=1S/C18H14BrClS/c1-21-14-8-6-12(7-9-14)10-13-11-17(19)15-4-2-3-5-16(15)18(13)20/h2-9,11H,10H2,1H3. The molecule has 21 heavy (non-hydrogen) atoms. The molecule has 0 radical (unpaired) electrons. The van der Waals surface area contributed by atoms with Crippen LogP contribution in [0.1, 0.15) is 11.1 Å². The van der Waals surface area contributed by atoms with Crippen molar-refractivity contribution in [1.82, 2.24) is 0 Å². The Hall–Kier alpha value is -0.960. The van der Waals surface area contributed by atoms with Crippen LogP contribution in [-0.2, 0) is 6.42 Å². The molecule has 3 heteroatoms. The molecule has 0 saturated heterocycles. The van der Waals surface area contributed by atoms with E-state index in [0.717, 1.165) is 32.3 Å². The number of fused-ring (bicyclic) bond motifs is 1. The molecule has 106 valence electrons. The Kier molecular flexibility index (Phi) is 4.58. The van der Waals surface area contributed by atoms with Crippen molar-refractivity contribution in [2.75, 3.05) is 6.26 Å². The lowest BCUT2D eigenvalue weighted by Gasteiger charge is -2.10. The minimum atomic E-state index is 0.844. The number of hydrogen-bond acceptors (Lipinski definition) is 1. The Morgan fingerprint density at radius 2 is 1.67 bits per heavy atom. The Balaban J connectivity index is 2.02. The third-order valence-corrected chi connectivity index (χ3v) is 5.40. The van der Waals surface area contributed by atoms with Crippen LogP contribution in [0, 0.1) is 0 Å². The van der Waals surface area contributed by atoms with Crippen LogP contribution in [0.15, 0.2) is 64.0 Å². The van der Waals surface area contributed by atoms with E-state index in [1.807, 2.05) is 12.1 Å². The molecule has 0 aliphatic carbocycles. The largest absolute Gasteiger partial charge is 0.130 e. The molecule has 0 unspecified atom stereocenters. The van der Waals surface area contributed by atoms with Crippen LogP contribution in [0.5, 0.6) is 0 Å². The van der Waals surface area contributed by atoms with Gasteiger partial charge < -0.3 is 0 Å². The lowest BCUT2D eigenvalue weighted by atomic mass is 10.0. The maximum absolute atomic E-state index is 6.60. The van der Waals surface area contributed by atoms with Crippen molar-refractivity contribution in [3.8, 4) is 0 Å². The third-order valence-electron chi connectivity index (χ3n) is 3.56. The van der Waals surface area contributed by atoms with E-state index in [1.54, 1.807) is 11.8 Å². The highest BCUT2D eigenvalue weighted by atomic mass is 79.9. The Morgan fingerprint density at radius 1 is 1.00 bits per heavy atom. The lowest BCUT2D eigenvalue weighted by Crippen LogP contribution is -1.91. The molecule has 3 aromatic rings. The van der Waals surface area contributed by atoms with Gasteiger partial charge in [0.1, 0.15) is 0 Å². The van der Waals surface area contributed by atoms with Gasteiger partial charge >= 0.3 is 0 Å². The van der Waals surface area contributed by atoms with Crippen LogP contribution in [0.4, 0.5) is 0 Å². The molecule has 0 amide bonds. The molecule has 0 atom stereocenters. The maximum atomic E-state index is 6.60. The molecular weight excluding hydrogens is 364 g/mol. The van der Waals surface area contributed by atoms with Crippen molar-refractivity contribution in [1.29, 1.82) is 0 Å². The third kappa shape index (κ3) is 3.13. The van der Waals surface area contributed by atoms with Gasteiger partial charge in [0.2, 0.25) is 0 Å².